The smallest absolute Gasteiger partial charge is 0.287 e. The summed E-state index contributed by atoms with van der Waals surface area (Å²) in [6.07, 6.45) is 1.57. The maximum atomic E-state index is 13.6. The van der Waals surface area contributed by atoms with Crippen LogP contribution in [0.2, 0.25) is 0 Å². The third-order valence-electron chi connectivity index (χ3n) is 3.61. The quantitative estimate of drug-likeness (QED) is 0.824. The second-order valence-corrected chi connectivity index (χ2v) is 5.99. The Morgan fingerprint density at radius 3 is 2.82 bits per heavy atom. The van der Waals surface area contributed by atoms with Crippen molar-refractivity contribution in [3.63, 3.8) is 0 Å². The molecule has 22 heavy (non-hydrogen) atoms. The lowest BCUT2D eigenvalue weighted by Gasteiger charge is -2.18. The molecule has 2 aromatic rings. The van der Waals surface area contributed by atoms with Crippen LogP contribution in [0.1, 0.15) is 37.2 Å². The van der Waals surface area contributed by atoms with Crippen molar-refractivity contribution in [3.05, 3.63) is 35.8 Å². The van der Waals surface area contributed by atoms with E-state index in [0.29, 0.717) is 24.3 Å². The average molecular weight is 307 g/mol. The number of aliphatic hydroxyl groups is 1. The summed E-state index contributed by atoms with van der Waals surface area (Å²) < 4.78 is 18.9. The van der Waals surface area contributed by atoms with Crippen molar-refractivity contribution in [1.29, 1.82) is 0 Å². The van der Waals surface area contributed by atoms with Crippen molar-refractivity contribution >= 4 is 16.9 Å². The summed E-state index contributed by atoms with van der Waals surface area (Å²) in [6.45, 7) is 4.78. The summed E-state index contributed by atoms with van der Waals surface area (Å²) in [5.41, 5.74) is 0.0988. The van der Waals surface area contributed by atoms with Gasteiger partial charge in [-0.05, 0) is 36.8 Å². The summed E-state index contributed by atoms with van der Waals surface area (Å²) in [5.74, 6) is -0.0204. The molecule has 0 radical (unpaired) electrons. The Labute approximate surface area is 129 Å². The lowest BCUT2D eigenvalue weighted by molar-refractivity contribution is 0.0915. The Balaban J connectivity index is 2.02. The first-order valence-corrected chi connectivity index (χ1v) is 7.58. The highest BCUT2D eigenvalue weighted by atomic mass is 19.1. The number of nitrogens with one attached hydrogen (secondary N) is 1. The van der Waals surface area contributed by atoms with Gasteiger partial charge in [-0.25, -0.2) is 4.39 Å². The van der Waals surface area contributed by atoms with Gasteiger partial charge >= 0.3 is 0 Å². The molecular formula is C17H22FNO3. The zero-order chi connectivity index (χ0) is 16.1. The lowest BCUT2D eigenvalue weighted by atomic mass is 9.94. The monoisotopic (exact) mass is 307 g/mol. The number of benzene rings is 1. The third-order valence-corrected chi connectivity index (χ3v) is 3.61. The first-order chi connectivity index (χ1) is 10.5. The molecule has 0 aliphatic rings. The highest BCUT2D eigenvalue weighted by molar-refractivity contribution is 5.96. The fraction of sp³-hybridized carbons (Fsp3) is 0.471. The van der Waals surface area contributed by atoms with Crippen molar-refractivity contribution in [2.75, 3.05) is 13.2 Å². The van der Waals surface area contributed by atoms with E-state index in [0.717, 1.165) is 6.42 Å². The number of para-hydroxylation sites is 1. The Hall–Kier alpha value is -1.88. The SMILES string of the molecule is CC(C)CC(CCO)CNC(=O)c1cc2cccc(F)c2o1. The third kappa shape index (κ3) is 4.07. The van der Waals surface area contributed by atoms with Gasteiger partial charge in [0, 0.05) is 18.5 Å². The first-order valence-electron chi connectivity index (χ1n) is 7.58. The van der Waals surface area contributed by atoms with Crippen molar-refractivity contribution in [2.24, 2.45) is 11.8 Å². The number of carbonyl (C=O) groups is 1. The molecule has 0 aliphatic carbocycles. The number of fused-ring (bicyclic) bond motifs is 1. The van der Waals surface area contributed by atoms with Gasteiger partial charge in [-0.2, -0.15) is 0 Å². The van der Waals surface area contributed by atoms with Gasteiger partial charge in [0.2, 0.25) is 0 Å². The van der Waals surface area contributed by atoms with Crippen molar-refractivity contribution in [1.82, 2.24) is 5.32 Å². The molecule has 0 spiro atoms. The minimum atomic E-state index is -0.477. The standard InChI is InChI=1S/C17H22FNO3/c1-11(2)8-12(6-7-20)10-19-17(21)15-9-13-4-3-5-14(18)16(13)22-15/h3-5,9,11-12,20H,6-8,10H2,1-2H3,(H,19,21). The Morgan fingerprint density at radius 2 is 2.18 bits per heavy atom. The molecule has 5 heteroatoms. The number of hydrogen-bond donors (Lipinski definition) is 2. The lowest BCUT2D eigenvalue weighted by Crippen LogP contribution is -2.30. The van der Waals surface area contributed by atoms with E-state index in [1.807, 2.05) is 0 Å². The van der Waals surface area contributed by atoms with Crippen LogP contribution in [0.4, 0.5) is 4.39 Å². The maximum absolute atomic E-state index is 13.6. The fourth-order valence-electron chi connectivity index (χ4n) is 2.62. The summed E-state index contributed by atoms with van der Waals surface area (Å²) >= 11 is 0. The van der Waals surface area contributed by atoms with Gasteiger partial charge in [0.15, 0.2) is 17.2 Å². The predicted octanol–water partition coefficient (Wildman–Crippen LogP) is 3.35. The maximum Gasteiger partial charge on any atom is 0.287 e. The van der Waals surface area contributed by atoms with Crippen LogP contribution in [0.5, 0.6) is 0 Å². The Kier molecular flexibility index (Phi) is 5.55. The molecular weight excluding hydrogens is 285 g/mol. The van der Waals surface area contributed by atoms with Crippen LogP contribution in [0.25, 0.3) is 11.0 Å². The molecule has 2 rings (SSSR count). The summed E-state index contributed by atoms with van der Waals surface area (Å²) in [5, 5.41) is 12.5. The fourth-order valence-corrected chi connectivity index (χ4v) is 2.62. The van der Waals surface area contributed by atoms with E-state index in [9.17, 15) is 9.18 Å². The minimum absolute atomic E-state index is 0.0988. The predicted molar refractivity (Wildman–Crippen MR) is 83.2 cm³/mol. The van der Waals surface area contributed by atoms with Crippen molar-refractivity contribution < 1.29 is 18.7 Å². The molecule has 1 aromatic heterocycles. The van der Waals surface area contributed by atoms with Gasteiger partial charge < -0.3 is 14.8 Å². The van der Waals surface area contributed by atoms with Gasteiger partial charge in [-0.15, -0.1) is 0 Å². The van der Waals surface area contributed by atoms with Gasteiger partial charge in [-0.1, -0.05) is 26.0 Å². The van der Waals surface area contributed by atoms with E-state index >= 15 is 0 Å². The van der Waals surface area contributed by atoms with Crippen LogP contribution in [0.15, 0.2) is 28.7 Å². The molecule has 1 unspecified atom stereocenters. The van der Waals surface area contributed by atoms with E-state index in [4.69, 9.17) is 9.52 Å². The van der Waals surface area contributed by atoms with Crippen LogP contribution in [-0.2, 0) is 0 Å². The largest absolute Gasteiger partial charge is 0.448 e. The second-order valence-electron chi connectivity index (χ2n) is 5.99. The molecule has 120 valence electrons. The van der Waals surface area contributed by atoms with E-state index < -0.39 is 5.82 Å². The average Bonchev–Trinajstić information content (AvgIpc) is 2.90. The molecule has 0 fully saturated rings. The van der Waals surface area contributed by atoms with E-state index in [-0.39, 0.29) is 29.8 Å². The number of amides is 1. The molecule has 0 bridgehead atoms. The van der Waals surface area contributed by atoms with E-state index in [1.165, 1.54) is 12.1 Å². The number of furan rings is 1. The number of carbonyl (C=O) groups excluding carboxylic acids is 1. The van der Waals surface area contributed by atoms with Crippen LogP contribution < -0.4 is 5.32 Å². The molecule has 0 aliphatic heterocycles. The van der Waals surface area contributed by atoms with Gasteiger partial charge in [0.1, 0.15) is 0 Å². The van der Waals surface area contributed by atoms with E-state index in [1.54, 1.807) is 12.1 Å². The number of rotatable bonds is 7. The molecule has 0 saturated carbocycles. The summed E-state index contributed by atoms with van der Waals surface area (Å²) in [4.78, 5) is 12.1. The highest BCUT2D eigenvalue weighted by Gasteiger charge is 2.17. The summed E-state index contributed by atoms with van der Waals surface area (Å²) in [7, 11) is 0. The zero-order valence-corrected chi connectivity index (χ0v) is 12.9. The molecule has 1 amide bonds. The zero-order valence-electron chi connectivity index (χ0n) is 12.9. The molecule has 4 nitrogen and oxygen atoms in total. The molecule has 2 N–H and O–H groups in total. The summed E-state index contributed by atoms with van der Waals surface area (Å²) in [6, 6.07) is 6.12. The highest BCUT2D eigenvalue weighted by Crippen LogP contribution is 2.22. The number of halogens is 1. The normalized spacial score (nSPS) is 12.8. The Morgan fingerprint density at radius 1 is 1.41 bits per heavy atom. The van der Waals surface area contributed by atoms with E-state index in [2.05, 4.69) is 19.2 Å². The van der Waals surface area contributed by atoms with Crippen molar-refractivity contribution in [2.45, 2.75) is 26.7 Å². The minimum Gasteiger partial charge on any atom is -0.448 e. The van der Waals surface area contributed by atoms with Gasteiger partial charge in [0.05, 0.1) is 0 Å². The molecule has 0 saturated heterocycles. The topological polar surface area (TPSA) is 62.5 Å². The molecule has 1 atom stereocenters. The Bertz CT molecular complexity index is 636. The molecule has 1 aromatic carbocycles. The van der Waals surface area contributed by atoms with Crippen LogP contribution in [-0.4, -0.2) is 24.2 Å². The van der Waals surface area contributed by atoms with Crippen LogP contribution >= 0.6 is 0 Å². The van der Waals surface area contributed by atoms with Crippen LogP contribution in [0.3, 0.4) is 0 Å². The van der Waals surface area contributed by atoms with Crippen LogP contribution in [0, 0.1) is 17.7 Å². The number of aliphatic hydroxyl groups excluding tert-OH is 1. The van der Waals surface area contributed by atoms with Crippen molar-refractivity contribution in [3.8, 4) is 0 Å². The molecule has 1 heterocycles. The van der Waals surface area contributed by atoms with Gasteiger partial charge in [-0.3, -0.25) is 4.79 Å². The second kappa shape index (κ2) is 7.40. The number of hydrogen-bond acceptors (Lipinski definition) is 3. The van der Waals surface area contributed by atoms with Gasteiger partial charge in [0.25, 0.3) is 5.91 Å². The first kappa shape index (κ1) is 16.5.